The number of hydrogen-bond donors (Lipinski definition) is 1. The van der Waals surface area contributed by atoms with Gasteiger partial charge in [0, 0.05) is 16.5 Å². The summed E-state index contributed by atoms with van der Waals surface area (Å²) in [6.07, 6.45) is 0. The molecule has 0 aliphatic carbocycles. The maximum Gasteiger partial charge on any atom is 0.158 e. The molecule has 90 valence electrons. The molecule has 0 bridgehead atoms. The van der Waals surface area contributed by atoms with Crippen LogP contribution in [0.1, 0.15) is 26.5 Å². The molecule has 0 saturated carbocycles. The van der Waals surface area contributed by atoms with Crippen LogP contribution in [0.2, 0.25) is 0 Å². The summed E-state index contributed by atoms with van der Waals surface area (Å²) in [5.74, 6) is 0.726. The van der Waals surface area contributed by atoms with Gasteiger partial charge in [0.1, 0.15) is 10.3 Å². The minimum Gasteiger partial charge on any atom is -0.340 e. The lowest BCUT2D eigenvalue weighted by molar-refractivity contribution is 0.563. The van der Waals surface area contributed by atoms with Gasteiger partial charge in [0.15, 0.2) is 5.82 Å². The van der Waals surface area contributed by atoms with Crippen LogP contribution in [0.25, 0.3) is 11.5 Å². The van der Waals surface area contributed by atoms with Gasteiger partial charge in [-0.2, -0.15) is 0 Å². The zero-order valence-corrected chi connectivity index (χ0v) is 13.0. The molecule has 3 nitrogen and oxygen atoms in total. The first-order chi connectivity index (χ1) is 7.89. The highest BCUT2D eigenvalue weighted by Gasteiger charge is 2.20. The lowest BCUT2D eigenvalue weighted by atomic mass is 9.92. The highest BCUT2D eigenvalue weighted by Crippen LogP contribution is 2.30. The third-order valence-corrected chi connectivity index (χ3v) is 4.21. The van der Waals surface area contributed by atoms with Crippen molar-refractivity contribution in [1.29, 1.82) is 0 Å². The van der Waals surface area contributed by atoms with Crippen molar-refractivity contribution in [1.82, 2.24) is 15.0 Å². The van der Waals surface area contributed by atoms with Crippen LogP contribution in [0.15, 0.2) is 15.4 Å². The van der Waals surface area contributed by atoms with E-state index in [-0.39, 0.29) is 5.41 Å². The van der Waals surface area contributed by atoms with Crippen molar-refractivity contribution in [2.24, 2.45) is 0 Å². The molecule has 0 aromatic carbocycles. The monoisotopic (exact) mass is 329 g/mol. The van der Waals surface area contributed by atoms with E-state index in [4.69, 9.17) is 12.2 Å². The average molecular weight is 330 g/mol. The van der Waals surface area contributed by atoms with Crippen molar-refractivity contribution >= 4 is 39.5 Å². The van der Waals surface area contributed by atoms with Gasteiger partial charge in [-0.15, -0.1) is 11.3 Å². The normalized spacial score (nSPS) is 11.8. The molecule has 0 radical (unpaired) electrons. The van der Waals surface area contributed by atoms with Gasteiger partial charge >= 0.3 is 0 Å². The minimum absolute atomic E-state index is 0.0277. The fraction of sp³-hybridized carbons (Fsp3) is 0.364. The van der Waals surface area contributed by atoms with Gasteiger partial charge in [-0.1, -0.05) is 33.0 Å². The lowest BCUT2D eigenvalue weighted by Gasteiger charge is -2.21. The van der Waals surface area contributed by atoms with Gasteiger partial charge in [-0.25, -0.2) is 9.97 Å². The van der Waals surface area contributed by atoms with Crippen molar-refractivity contribution in [2.45, 2.75) is 26.2 Å². The molecule has 2 heterocycles. The SMILES string of the molecule is CC(C)(C)c1[nH]c(-c2cscn2)nc(=S)c1Br. The summed E-state index contributed by atoms with van der Waals surface area (Å²) < 4.78 is 1.43. The maximum atomic E-state index is 5.27. The van der Waals surface area contributed by atoms with Crippen molar-refractivity contribution in [3.63, 3.8) is 0 Å². The molecule has 0 atom stereocenters. The summed E-state index contributed by atoms with van der Waals surface area (Å²) in [5, 5.41) is 1.95. The molecule has 0 fully saturated rings. The van der Waals surface area contributed by atoms with E-state index in [1.807, 2.05) is 5.38 Å². The number of nitrogens with one attached hydrogen (secondary N) is 1. The molecule has 0 amide bonds. The highest BCUT2D eigenvalue weighted by molar-refractivity contribution is 9.10. The predicted octanol–water partition coefficient (Wildman–Crippen LogP) is 4.32. The first-order valence-corrected chi connectivity index (χ1v) is 7.23. The number of nitrogens with zero attached hydrogens (tertiary/aromatic N) is 2. The summed E-state index contributed by atoms with van der Waals surface area (Å²) in [5.41, 5.74) is 3.63. The molecule has 2 aromatic heterocycles. The number of aromatic amines is 1. The predicted molar refractivity (Wildman–Crippen MR) is 76.9 cm³/mol. The number of hydrogen-bond acceptors (Lipinski definition) is 4. The number of aromatic nitrogens is 3. The summed E-state index contributed by atoms with van der Waals surface area (Å²) in [6, 6.07) is 0. The van der Waals surface area contributed by atoms with E-state index in [1.54, 1.807) is 16.8 Å². The Morgan fingerprint density at radius 2 is 2.12 bits per heavy atom. The molecule has 0 aliphatic rings. The van der Waals surface area contributed by atoms with Crippen LogP contribution in [0.5, 0.6) is 0 Å². The quantitative estimate of drug-likeness (QED) is 0.792. The van der Waals surface area contributed by atoms with E-state index >= 15 is 0 Å². The Bertz CT molecular complexity index is 582. The minimum atomic E-state index is -0.0277. The maximum absolute atomic E-state index is 5.27. The molecule has 0 saturated heterocycles. The van der Waals surface area contributed by atoms with Crippen LogP contribution < -0.4 is 0 Å². The fourth-order valence-electron chi connectivity index (χ4n) is 1.43. The second-order valence-electron chi connectivity index (χ2n) is 4.70. The number of H-pyrrole nitrogens is 1. The number of halogens is 1. The molecule has 0 aliphatic heterocycles. The Kier molecular flexibility index (Phi) is 3.47. The smallest absolute Gasteiger partial charge is 0.158 e. The van der Waals surface area contributed by atoms with Crippen molar-refractivity contribution in [2.75, 3.05) is 0 Å². The summed E-state index contributed by atoms with van der Waals surface area (Å²) >= 11 is 10.3. The number of thiazole rings is 1. The summed E-state index contributed by atoms with van der Waals surface area (Å²) in [6.45, 7) is 6.38. The largest absolute Gasteiger partial charge is 0.340 e. The lowest BCUT2D eigenvalue weighted by Crippen LogP contribution is -2.16. The molecule has 0 spiro atoms. The van der Waals surface area contributed by atoms with E-state index in [0.29, 0.717) is 4.64 Å². The van der Waals surface area contributed by atoms with E-state index < -0.39 is 0 Å². The Labute approximate surface area is 117 Å². The molecule has 2 rings (SSSR count). The van der Waals surface area contributed by atoms with Gasteiger partial charge < -0.3 is 4.98 Å². The van der Waals surface area contributed by atoms with Crippen LogP contribution in [0.4, 0.5) is 0 Å². The first kappa shape index (κ1) is 12.9. The molecule has 0 unspecified atom stereocenters. The second-order valence-corrected chi connectivity index (χ2v) is 6.60. The Hall–Kier alpha value is -0.590. The van der Waals surface area contributed by atoms with E-state index in [2.05, 4.69) is 51.7 Å². The van der Waals surface area contributed by atoms with E-state index in [9.17, 15) is 0 Å². The summed E-state index contributed by atoms with van der Waals surface area (Å²) in [4.78, 5) is 11.9. The van der Waals surface area contributed by atoms with Gasteiger partial charge in [-0.05, 0) is 15.9 Å². The zero-order valence-electron chi connectivity index (χ0n) is 9.74. The zero-order chi connectivity index (χ0) is 12.6. The Balaban J connectivity index is 2.67. The molecular weight excluding hydrogens is 318 g/mol. The van der Waals surface area contributed by atoms with Gasteiger partial charge in [0.25, 0.3) is 0 Å². The molecule has 6 heteroatoms. The van der Waals surface area contributed by atoms with Crippen LogP contribution >= 0.6 is 39.5 Å². The van der Waals surface area contributed by atoms with Crippen molar-refractivity contribution in [3.8, 4) is 11.5 Å². The van der Waals surface area contributed by atoms with Crippen LogP contribution in [-0.2, 0) is 5.41 Å². The molecular formula is C11H12BrN3S2. The molecule has 2 aromatic rings. The number of rotatable bonds is 1. The standard InChI is InChI=1S/C11H12BrN3S2/c1-11(2,3)8-7(12)10(16)15-9(14-8)6-4-17-5-13-6/h4-5H,1-3H3,(H,14,15,16). The van der Waals surface area contributed by atoms with Crippen molar-refractivity contribution in [3.05, 3.63) is 25.7 Å². The van der Waals surface area contributed by atoms with Gasteiger partial charge in [0.2, 0.25) is 0 Å². The molecule has 1 N–H and O–H groups in total. The van der Waals surface area contributed by atoms with Crippen LogP contribution in [0.3, 0.4) is 0 Å². The van der Waals surface area contributed by atoms with Gasteiger partial charge in [-0.3, -0.25) is 0 Å². The van der Waals surface area contributed by atoms with Crippen LogP contribution in [0, 0.1) is 4.64 Å². The van der Waals surface area contributed by atoms with E-state index in [0.717, 1.165) is 21.7 Å². The second kappa shape index (κ2) is 4.59. The van der Waals surface area contributed by atoms with Crippen molar-refractivity contribution < 1.29 is 0 Å². The van der Waals surface area contributed by atoms with Crippen LogP contribution in [-0.4, -0.2) is 15.0 Å². The van der Waals surface area contributed by atoms with Gasteiger partial charge in [0.05, 0.1) is 9.98 Å². The first-order valence-electron chi connectivity index (χ1n) is 5.08. The fourth-order valence-corrected chi connectivity index (χ4v) is 2.94. The Morgan fingerprint density at radius 3 is 2.65 bits per heavy atom. The molecule has 17 heavy (non-hydrogen) atoms. The average Bonchev–Trinajstić information content (AvgIpc) is 2.73. The Morgan fingerprint density at radius 1 is 1.41 bits per heavy atom. The highest BCUT2D eigenvalue weighted by atomic mass is 79.9. The third-order valence-electron chi connectivity index (χ3n) is 2.29. The third kappa shape index (κ3) is 2.64. The van der Waals surface area contributed by atoms with E-state index in [1.165, 1.54) is 0 Å². The summed E-state index contributed by atoms with van der Waals surface area (Å²) in [7, 11) is 0. The topological polar surface area (TPSA) is 41.6 Å².